The molecule has 1 spiro atoms. The van der Waals surface area contributed by atoms with Gasteiger partial charge in [-0.1, -0.05) is 12.2 Å². The summed E-state index contributed by atoms with van der Waals surface area (Å²) in [6.07, 6.45) is 6.49. The molecule has 4 bridgehead atoms. The van der Waals surface area contributed by atoms with Crippen molar-refractivity contribution < 1.29 is 23.2 Å². The van der Waals surface area contributed by atoms with E-state index in [0.717, 1.165) is 44.9 Å². The molecule has 4 aliphatic carbocycles. The minimum atomic E-state index is -2.10. The van der Waals surface area contributed by atoms with Crippen LogP contribution in [0.25, 0.3) is 0 Å². The van der Waals surface area contributed by atoms with Crippen molar-refractivity contribution in [1.82, 2.24) is 0 Å². The van der Waals surface area contributed by atoms with Gasteiger partial charge < -0.3 is 13.6 Å². The van der Waals surface area contributed by atoms with Crippen LogP contribution < -0.4 is 0 Å². The molecule has 5 aliphatic rings. The summed E-state index contributed by atoms with van der Waals surface area (Å²) in [5.41, 5.74) is -0.144. The van der Waals surface area contributed by atoms with Crippen molar-refractivity contribution in [2.45, 2.75) is 103 Å². The molecule has 8 atom stereocenters. The third kappa shape index (κ3) is 3.24. The van der Waals surface area contributed by atoms with Gasteiger partial charge in [0.1, 0.15) is 5.60 Å². The second-order valence-corrected chi connectivity index (χ2v) is 22.7. The fourth-order valence-electron chi connectivity index (χ4n) is 8.75. The highest BCUT2D eigenvalue weighted by molar-refractivity contribution is 6.71. The summed E-state index contributed by atoms with van der Waals surface area (Å²) in [5, 5.41) is 0. The Hall–Kier alpha value is -0.926. The maximum Gasteiger partial charge on any atom is 0.315 e. The molecule has 184 valence electrons. The summed E-state index contributed by atoms with van der Waals surface area (Å²) in [5.74, 6) is 0.0387. The van der Waals surface area contributed by atoms with Crippen LogP contribution in [0.3, 0.4) is 0 Å². The highest BCUT2D eigenvalue weighted by atomic mass is 28.4. The lowest BCUT2D eigenvalue weighted by Crippen LogP contribution is -2.56. The Labute approximate surface area is 201 Å². The lowest BCUT2D eigenvalue weighted by Gasteiger charge is -2.52. The Morgan fingerprint density at radius 2 is 1.76 bits per heavy atom. The van der Waals surface area contributed by atoms with Gasteiger partial charge in [0.15, 0.2) is 8.32 Å². The molecule has 1 saturated heterocycles. The van der Waals surface area contributed by atoms with Crippen LogP contribution in [0.4, 0.5) is 0 Å². The number of rotatable bonds is 4. The van der Waals surface area contributed by atoms with E-state index in [2.05, 4.69) is 45.9 Å². The summed E-state index contributed by atoms with van der Waals surface area (Å²) in [7, 11) is -4.00. The normalized spacial score (nSPS) is 46.5. The van der Waals surface area contributed by atoms with Gasteiger partial charge >= 0.3 is 5.97 Å². The fraction of sp³-hybridized carbons (Fsp3) is 0.846. The van der Waals surface area contributed by atoms with E-state index in [1.54, 1.807) is 0 Å². The van der Waals surface area contributed by atoms with Crippen LogP contribution >= 0.6 is 0 Å². The fourth-order valence-corrected chi connectivity index (χ4v) is 10.7. The number of fused-ring (bicyclic) bond motifs is 1. The SMILES string of the molecule is C=C1CC[C@]23CC1CC[C@H]2[C@@]12CC[C@H](O[Si](C)(C)C)C(C)(C(=O)O1)[C@H]2[C@@H]3C(=O)O[Si](C)(C)C. The largest absolute Gasteiger partial charge is 0.520 e. The molecule has 4 saturated carbocycles. The van der Waals surface area contributed by atoms with Gasteiger partial charge in [-0.3, -0.25) is 9.59 Å². The summed E-state index contributed by atoms with van der Waals surface area (Å²) >= 11 is 0. The smallest absolute Gasteiger partial charge is 0.315 e. The molecule has 0 aromatic heterocycles. The first-order valence-electron chi connectivity index (χ1n) is 13.0. The second-order valence-electron chi connectivity index (χ2n) is 13.8. The molecule has 0 aromatic carbocycles. The van der Waals surface area contributed by atoms with Crippen LogP contribution in [0, 0.1) is 34.5 Å². The van der Waals surface area contributed by atoms with Crippen LogP contribution in [0.1, 0.15) is 51.9 Å². The first-order valence-corrected chi connectivity index (χ1v) is 19.8. The lowest BCUT2D eigenvalue weighted by atomic mass is 9.53. The van der Waals surface area contributed by atoms with Gasteiger partial charge in [-0.15, -0.1) is 0 Å². The highest BCUT2D eigenvalue weighted by Crippen LogP contribution is 2.77. The quantitative estimate of drug-likeness (QED) is 0.288. The molecular weight excluding hydrogens is 448 g/mol. The summed E-state index contributed by atoms with van der Waals surface area (Å²) < 4.78 is 19.4. The minimum absolute atomic E-state index is 0.0719. The molecule has 5 rings (SSSR count). The summed E-state index contributed by atoms with van der Waals surface area (Å²) in [6.45, 7) is 19.2. The molecule has 5 nitrogen and oxygen atoms in total. The van der Waals surface area contributed by atoms with E-state index in [1.165, 1.54) is 5.57 Å². The Balaban J connectivity index is 1.66. The zero-order valence-electron chi connectivity index (χ0n) is 21.6. The van der Waals surface area contributed by atoms with E-state index in [1.807, 2.05) is 6.92 Å². The third-order valence-electron chi connectivity index (χ3n) is 9.67. The number of hydrogen-bond donors (Lipinski definition) is 0. The van der Waals surface area contributed by atoms with Crippen LogP contribution in [-0.4, -0.2) is 40.3 Å². The maximum absolute atomic E-state index is 14.1. The number of carbonyl (C=O) groups excluding carboxylic acids is 2. The summed E-state index contributed by atoms with van der Waals surface area (Å²) in [6, 6.07) is 0. The number of esters is 1. The monoisotopic (exact) mass is 490 g/mol. The molecule has 7 heteroatoms. The van der Waals surface area contributed by atoms with Gasteiger partial charge in [0.25, 0.3) is 5.97 Å². The van der Waals surface area contributed by atoms with E-state index < -0.39 is 27.7 Å². The van der Waals surface area contributed by atoms with E-state index in [0.29, 0.717) is 5.92 Å². The highest BCUT2D eigenvalue weighted by Gasteiger charge is 2.83. The molecule has 0 N–H and O–H groups in total. The maximum atomic E-state index is 14.1. The Bertz CT molecular complexity index is 903. The molecule has 0 aromatic rings. The Kier molecular flexibility index (Phi) is 5.09. The van der Waals surface area contributed by atoms with Crippen LogP contribution in [-0.2, 0) is 23.2 Å². The molecule has 0 amide bonds. The predicted molar refractivity (Wildman–Crippen MR) is 132 cm³/mol. The Morgan fingerprint density at radius 3 is 2.39 bits per heavy atom. The van der Waals surface area contributed by atoms with Crippen molar-refractivity contribution in [3.8, 4) is 0 Å². The molecule has 1 heterocycles. The van der Waals surface area contributed by atoms with Gasteiger partial charge in [0.2, 0.25) is 8.32 Å². The topological polar surface area (TPSA) is 61.8 Å². The van der Waals surface area contributed by atoms with Gasteiger partial charge in [-0.25, -0.2) is 0 Å². The number of carbonyl (C=O) groups is 2. The average Bonchev–Trinajstić information content (AvgIpc) is 3.00. The third-order valence-corrected chi connectivity index (χ3v) is 11.5. The minimum Gasteiger partial charge on any atom is -0.520 e. The molecule has 0 radical (unpaired) electrons. The van der Waals surface area contributed by atoms with Crippen LogP contribution in [0.2, 0.25) is 39.3 Å². The van der Waals surface area contributed by atoms with E-state index in [-0.39, 0.29) is 41.2 Å². The first kappa shape index (κ1) is 23.8. The van der Waals surface area contributed by atoms with Crippen molar-refractivity contribution in [3.63, 3.8) is 0 Å². The lowest BCUT2D eigenvalue weighted by molar-refractivity contribution is -0.164. The van der Waals surface area contributed by atoms with Gasteiger partial charge in [-0.2, -0.15) is 0 Å². The predicted octanol–water partition coefficient (Wildman–Crippen LogP) is 5.68. The number of allylic oxidation sites excluding steroid dienone is 1. The molecule has 5 fully saturated rings. The molecule has 1 aliphatic heterocycles. The van der Waals surface area contributed by atoms with Crippen molar-refractivity contribution in [1.29, 1.82) is 0 Å². The van der Waals surface area contributed by atoms with Crippen molar-refractivity contribution in [3.05, 3.63) is 12.2 Å². The van der Waals surface area contributed by atoms with Crippen molar-refractivity contribution in [2.75, 3.05) is 0 Å². The van der Waals surface area contributed by atoms with Gasteiger partial charge in [-0.05, 0) is 102 Å². The second kappa shape index (κ2) is 7.06. The van der Waals surface area contributed by atoms with Crippen LogP contribution in [0.5, 0.6) is 0 Å². The first-order chi connectivity index (χ1) is 15.1. The molecule has 33 heavy (non-hydrogen) atoms. The number of ether oxygens (including phenoxy) is 1. The zero-order chi connectivity index (χ0) is 24.2. The van der Waals surface area contributed by atoms with Gasteiger partial charge in [0, 0.05) is 11.8 Å². The van der Waals surface area contributed by atoms with E-state index >= 15 is 0 Å². The molecular formula is C26H42O5Si2. The number of hydrogen-bond acceptors (Lipinski definition) is 5. The molecule has 2 unspecified atom stereocenters. The standard InChI is InChI=1S/C26H42O5Si2/c1-16-11-13-25-15-17(16)9-10-18(25)26-14-12-19(30-32(3,4)5)24(2,23(28)29-26)21(26)20(25)22(27)31-33(6,7)8/h17-21H,1,9-15H2,2-8H3/t17?,18-,19+,20-,21-,24?,25+,26-/m1/s1. The van der Waals surface area contributed by atoms with Crippen LogP contribution in [0.15, 0.2) is 12.2 Å². The van der Waals surface area contributed by atoms with E-state index in [9.17, 15) is 9.59 Å². The summed E-state index contributed by atoms with van der Waals surface area (Å²) in [4.78, 5) is 27.8. The zero-order valence-corrected chi connectivity index (χ0v) is 23.6. The van der Waals surface area contributed by atoms with Crippen molar-refractivity contribution in [2.24, 2.45) is 34.5 Å². The Morgan fingerprint density at radius 1 is 1.06 bits per heavy atom. The average molecular weight is 491 g/mol. The van der Waals surface area contributed by atoms with Gasteiger partial charge in [0.05, 0.1) is 17.4 Å². The van der Waals surface area contributed by atoms with Crippen molar-refractivity contribution >= 4 is 28.6 Å². The van der Waals surface area contributed by atoms with E-state index in [4.69, 9.17) is 13.6 Å².